The van der Waals surface area contributed by atoms with Crippen LogP contribution in [0.1, 0.15) is 90.2 Å². The molecule has 0 saturated carbocycles. The van der Waals surface area contributed by atoms with Crippen LogP contribution in [0.25, 0.3) is 21.8 Å². The van der Waals surface area contributed by atoms with Crippen LogP contribution in [0.3, 0.4) is 0 Å². The van der Waals surface area contributed by atoms with E-state index in [9.17, 15) is 14.4 Å². The van der Waals surface area contributed by atoms with Crippen molar-refractivity contribution < 1.29 is 19.1 Å². The second-order valence-corrected chi connectivity index (χ2v) is 15.0. The first-order valence-electron chi connectivity index (χ1n) is 18.7. The van der Waals surface area contributed by atoms with Crippen molar-refractivity contribution in [1.82, 2.24) is 19.8 Å². The van der Waals surface area contributed by atoms with E-state index in [2.05, 4.69) is 45.2 Å². The quantitative estimate of drug-likeness (QED) is 0.172. The standard InChI is InChI=1S/C42H48N4O4/c1-26(47)30-15-10-8-12-22-46-40(30)36(27(2)48)42-25-45-21-11-7-5-4-6-9-14-29(41(42)46)24-33(34(42)19-23-45)38-39-32(18-20-43-38)31-16-13-17-35(37(31)44-39)50-28(3)49/h4,6,13,15-18,20,24,33-34,41,44H,5,7-12,14,19,21-23,25H2,1-3H3/b6-4-,30-15-/t33-,34-,41-,42-/m1/s1. The zero-order valence-electron chi connectivity index (χ0n) is 29.6. The van der Waals surface area contributed by atoms with Gasteiger partial charge in [0.15, 0.2) is 17.3 Å². The summed E-state index contributed by atoms with van der Waals surface area (Å²) in [5, 5.41) is 2.03. The number of hydrogen-bond acceptors (Lipinski definition) is 7. The third-order valence-electron chi connectivity index (χ3n) is 12.0. The van der Waals surface area contributed by atoms with Gasteiger partial charge in [0.2, 0.25) is 0 Å². The second-order valence-electron chi connectivity index (χ2n) is 15.0. The number of pyridine rings is 1. The van der Waals surface area contributed by atoms with E-state index in [1.54, 1.807) is 13.8 Å². The molecule has 8 nitrogen and oxygen atoms in total. The van der Waals surface area contributed by atoms with E-state index in [-0.39, 0.29) is 35.4 Å². The lowest BCUT2D eigenvalue weighted by molar-refractivity contribution is -0.131. The molecule has 8 heteroatoms. The first kappa shape index (κ1) is 32.9. The van der Waals surface area contributed by atoms with Crippen LogP contribution in [-0.4, -0.2) is 69.5 Å². The molecule has 3 bridgehead atoms. The monoisotopic (exact) mass is 672 g/mol. The van der Waals surface area contributed by atoms with Gasteiger partial charge in [-0.15, -0.1) is 0 Å². The van der Waals surface area contributed by atoms with Gasteiger partial charge < -0.3 is 19.5 Å². The lowest BCUT2D eigenvalue weighted by Crippen LogP contribution is -2.61. The first-order chi connectivity index (χ1) is 24.3. The fraction of sp³-hybridized carbons (Fsp3) is 0.476. The van der Waals surface area contributed by atoms with Crippen LogP contribution >= 0.6 is 0 Å². The Morgan fingerprint density at radius 3 is 2.52 bits per heavy atom. The number of piperidine rings is 1. The molecule has 1 spiro atoms. The van der Waals surface area contributed by atoms with Crippen LogP contribution in [0.2, 0.25) is 0 Å². The molecular weight excluding hydrogens is 624 g/mol. The van der Waals surface area contributed by atoms with Gasteiger partial charge in [-0.2, -0.15) is 0 Å². The Hall–Kier alpha value is -4.30. The number of aromatic nitrogens is 2. The van der Waals surface area contributed by atoms with Crippen molar-refractivity contribution in [3.8, 4) is 5.75 Å². The maximum absolute atomic E-state index is 14.4. The molecule has 1 N–H and O–H groups in total. The number of nitrogens with one attached hydrogen (secondary N) is 1. The van der Waals surface area contributed by atoms with Gasteiger partial charge in [-0.1, -0.05) is 36.4 Å². The molecule has 1 unspecified atom stereocenters. The highest BCUT2D eigenvalue weighted by Crippen LogP contribution is 2.63. The van der Waals surface area contributed by atoms with Crippen LogP contribution in [0.15, 0.2) is 77.2 Å². The predicted molar refractivity (Wildman–Crippen MR) is 196 cm³/mol. The average Bonchev–Trinajstić information content (AvgIpc) is 3.58. The number of esters is 1. The summed E-state index contributed by atoms with van der Waals surface area (Å²) in [7, 11) is 0. The van der Waals surface area contributed by atoms with Gasteiger partial charge in [-0.25, -0.2) is 0 Å². The first-order valence-corrected chi connectivity index (χ1v) is 18.7. The third kappa shape index (κ3) is 5.29. The number of para-hydroxylation sites is 1. The molecule has 5 atom stereocenters. The molecular formula is C42H48N4O4. The third-order valence-corrected chi connectivity index (χ3v) is 12.0. The number of allylic oxidation sites excluding steroid dienone is 5. The summed E-state index contributed by atoms with van der Waals surface area (Å²) in [6.07, 6.45) is 20.2. The molecule has 4 aliphatic heterocycles. The Bertz CT molecular complexity index is 2020. The minimum absolute atomic E-state index is 0.00735. The lowest BCUT2D eigenvalue weighted by atomic mass is 9.53. The SMILES string of the molecule is CC(=O)Oc1cccc2c1[nH]c1c([C@@H]3C=C4CC/C=C\CCCCN5CC[C@H]3[C@]3(C5)C(C(C)=O)=C5/C(C(C)=O)=C\CCCCN5[C@H]43)nccc12. The molecule has 1 saturated heterocycles. The summed E-state index contributed by atoms with van der Waals surface area (Å²) in [5.74, 6) is 0.304. The normalized spacial score (nSPS) is 30.1. The van der Waals surface area contributed by atoms with Gasteiger partial charge >= 0.3 is 5.97 Å². The van der Waals surface area contributed by atoms with Crippen LogP contribution in [0.4, 0.5) is 0 Å². The molecule has 1 aromatic carbocycles. The topological polar surface area (TPSA) is 95.6 Å². The van der Waals surface area contributed by atoms with Gasteiger partial charge in [-0.05, 0) is 108 Å². The Morgan fingerprint density at radius 1 is 0.900 bits per heavy atom. The number of aromatic amines is 1. The number of hydrogen-bond donors (Lipinski definition) is 1. The molecule has 3 aromatic rings. The molecule has 0 radical (unpaired) electrons. The molecule has 1 aliphatic carbocycles. The number of nitrogens with zero attached hydrogens (tertiary/aromatic N) is 3. The molecule has 1 fully saturated rings. The zero-order chi connectivity index (χ0) is 34.6. The summed E-state index contributed by atoms with van der Waals surface area (Å²) in [5.41, 5.74) is 6.04. The predicted octanol–water partition coefficient (Wildman–Crippen LogP) is 7.72. The lowest BCUT2D eigenvalue weighted by Gasteiger charge is -2.56. The van der Waals surface area contributed by atoms with Gasteiger partial charge in [0.05, 0.1) is 28.5 Å². The van der Waals surface area contributed by atoms with E-state index in [0.29, 0.717) is 5.75 Å². The molecule has 50 heavy (non-hydrogen) atoms. The minimum atomic E-state index is -0.496. The van der Waals surface area contributed by atoms with E-state index in [0.717, 1.165) is 128 Å². The van der Waals surface area contributed by atoms with Crippen LogP contribution in [0.5, 0.6) is 5.75 Å². The van der Waals surface area contributed by atoms with Crippen molar-refractivity contribution in [2.75, 3.05) is 26.2 Å². The van der Waals surface area contributed by atoms with Crippen molar-refractivity contribution in [3.63, 3.8) is 0 Å². The Kier molecular flexibility index (Phi) is 8.62. The summed E-state index contributed by atoms with van der Waals surface area (Å²) < 4.78 is 5.64. The smallest absolute Gasteiger partial charge is 0.308 e. The number of H-pyrrole nitrogens is 1. The minimum Gasteiger partial charge on any atom is -0.424 e. The molecule has 2 aromatic heterocycles. The van der Waals surface area contributed by atoms with E-state index in [4.69, 9.17) is 9.72 Å². The van der Waals surface area contributed by atoms with Crippen LogP contribution < -0.4 is 4.74 Å². The Labute approximate surface area is 294 Å². The average molecular weight is 673 g/mol. The number of carbonyl (C=O) groups excluding carboxylic acids is 3. The maximum atomic E-state index is 14.4. The fourth-order valence-corrected chi connectivity index (χ4v) is 10.3. The highest BCUT2D eigenvalue weighted by Gasteiger charge is 2.64. The van der Waals surface area contributed by atoms with E-state index in [1.807, 2.05) is 24.4 Å². The molecule has 260 valence electrons. The largest absolute Gasteiger partial charge is 0.424 e. The number of Topliss-reactive ketones (excluding diaryl/α,β-unsaturated/α-hetero) is 2. The van der Waals surface area contributed by atoms with E-state index >= 15 is 0 Å². The summed E-state index contributed by atoms with van der Waals surface area (Å²) in [4.78, 5) is 53.9. The van der Waals surface area contributed by atoms with Gasteiger partial charge in [0.25, 0.3) is 0 Å². The number of carbonyl (C=O) groups is 3. The van der Waals surface area contributed by atoms with Gasteiger partial charge in [0.1, 0.15) is 0 Å². The van der Waals surface area contributed by atoms with Crippen molar-refractivity contribution in [2.24, 2.45) is 11.3 Å². The number of ketones is 2. The zero-order valence-corrected chi connectivity index (χ0v) is 29.6. The fourth-order valence-electron chi connectivity index (χ4n) is 10.3. The van der Waals surface area contributed by atoms with Crippen LogP contribution in [0, 0.1) is 11.3 Å². The molecule has 0 amide bonds. The van der Waals surface area contributed by atoms with Crippen molar-refractivity contribution >= 4 is 39.3 Å². The molecule has 6 heterocycles. The number of fused-ring (bicyclic) bond motifs is 5. The Morgan fingerprint density at radius 2 is 1.70 bits per heavy atom. The van der Waals surface area contributed by atoms with E-state index in [1.165, 1.54) is 12.5 Å². The summed E-state index contributed by atoms with van der Waals surface area (Å²) in [6.45, 7) is 8.43. The number of rotatable bonds is 4. The van der Waals surface area contributed by atoms with Gasteiger partial charge in [-0.3, -0.25) is 19.4 Å². The molecule has 5 aliphatic rings. The summed E-state index contributed by atoms with van der Waals surface area (Å²) in [6, 6.07) is 7.86. The summed E-state index contributed by atoms with van der Waals surface area (Å²) >= 11 is 0. The Balaban J connectivity index is 1.40. The highest BCUT2D eigenvalue weighted by atomic mass is 16.5. The maximum Gasteiger partial charge on any atom is 0.308 e. The second kappa shape index (κ2) is 13.1. The molecule has 8 rings (SSSR count). The highest BCUT2D eigenvalue weighted by molar-refractivity contribution is 6.10. The van der Waals surface area contributed by atoms with Crippen molar-refractivity contribution in [3.05, 3.63) is 82.9 Å². The number of ether oxygens (including phenoxy) is 1. The van der Waals surface area contributed by atoms with Gasteiger partial charge in [0, 0.05) is 59.5 Å². The van der Waals surface area contributed by atoms with Crippen molar-refractivity contribution in [1.29, 1.82) is 0 Å². The van der Waals surface area contributed by atoms with Crippen molar-refractivity contribution in [2.45, 2.75) is 90.5 Å². The van der Waals surface area contributed by atoms with Crippen LogP contribution in [-0.2, 0) is 14.4 Å². The number of benzene rings is 1. The van der Waals surface area contributed by atoms with E-state index < -0.39 is 5.41 Å².